The summed E-state index contributed by atoms with van der Waals surface area (Å²) in [7, 11) is 0. The number of fused-ring (bicyclic) bond motifs is 2. The average molecular weight is 1100 g/mol. The predicted octanol–water partition coefficient (Wildman–Crippen LogP) is 23.8. The maximum Gasteiger partial charge on any atom is 0.308 e. The van der Waals surface area contributed by atoms with Gasteiger partial charge in [-0.1, -0.05) is 287 Å². The lowest BCUT2D eigenvalue weighted by molar-refractivity contribution is -0.148. The van der Waals surface area contributed by atoms with Crippen LogP contribution in [0.2, 0.25) is 0 Å². The van der Waals surface area contributed by atoms with E-state index in [4.69, 9.17) is 14.2 Å². The van der Waals surface area contributed by atoms with Gasteiger partial charge in [0.15, 0.2) is 0 Å². The van der Waals surface area contributed by atoms with Crippen LogP contribution in [0.25, 0.3) is 43.8 Å². The van der Waals surface area contributed by atoms with Crippen LogP contribution in [0.15, 0.2) is 121 Å². The van der Waals surface area contributed by atoms with Gasteiger partial charge in [0.05, 0.1) is 25.7 Å². The Labute approximate surface area is 495 Å². The Balaban J connectivity index is 0.000000298. The number of hydrogen-bond donors (Lipinski definition) is 0. The van der Waals surface area contributed by atoms with Gasteiger partial charge in [0.25, 0.3) is 0 Å². The van der Waals surface area contributed by atoms with Crippen molar-refractivity contribution in [1.29, 1.82) is 0 Å². The summed E-state index contributed by atoms with van der Waals surface area (Å²) in [6, 6.07) is 44.9. The highest BCUT2D eigenvalue weighted by Crippen LogP contribution is 2.30. The molecular formula is C77H112O4. The number of carbonyl (C=O) groups is 1. The van der Waals surface area contributed by atoms with E-state index in [1.165, 1.54) is 235 Å². The summed E-state index contributed by atoms with van der Waals surface area (Å²) < 4.78 is 17.5. The Morgan fingerprint density at radius 3 is 1.10 bits per heavy atom. The minimum atomic E-state index is -0.0575. The van der Waals surface area contributed by atoms with Crippen molar-refractivity contribution < 1.29 is 19.0 Å². The van der Waals surface area contributed by atoms with Gasteiger partial charge in [0.2, 0.25) is 0 Å². The number of rotatable bonds is 43. The molecule has 0 aliphatic carbocycles. The average Bonchev–Trinajstić information content (AvgIpc) is 3.53. The number of benzene rings is 6. The third kappa shape index (κ3) is 27.7. The molecule has 2 unspecified atom stereocenters. The minimum absolute atomic E-state index is 0.0159. The van der Waals surface area contributed by atoms with Crippen LogP contribution in [0.4, 0.5) is 0 Å². The molecule has 0 N–H and O–H groups in total. The van der Waals surface area contributed by atoms with E-state index in [1.807, 2.05) is 13.8 Å². The maximum atomic E-state index is 11.7. The molecule has 6 rings (SSSR count). The minimum Gasteiger partial charge on any atom is -0.494 e. The van der Waals surface area contributed by atoms with Crippen LogP contribution in [0.3, 0.4) is 0 Å². The van der Waals surface area contributed by atoms with Crippen LogP contribution in [0.1, 0.15) is 252 Å². The van der Waals surface area contributed by atoms with Gasteiger partial charge in [-0.25, -0.2) is 0 Å². The molecule has 444 valence electrons. The van der Waals surface area contributed by atoms with Gasteiger partial charge >= 0.3 is 5.97 Å². The molecule has 0 amide bonds. The van der Waals surface area contributed by atoms with E-state index in [1.54, 1.807) is 0 Å². The van der Waals surface area contributed by atoms with Gasteiger partial charge in [0, 0.05) is 0 Å². The molecule has 0 aliphatic heterocycles. The van der Waals surface area contributed by atoms with Gasteiger partial charge in [-0.2, -0.15) is 0 Å². The number of hydrogen-bond acceptors (Lipinski definition) is 4. The standard InChI is InChI=1S/C39H56O3.C38H56O/c1-4-6-7-8-9-10-13-16-19-33-20-22-34(23-21-33)35-24-25-37-31-38(27-26-36(37)30-35)41-28-17-14-11-12-15-18-29-42-39(40)32(3)5-2;1-4-6-7-8-9-10-14-17-20-33-21-23-34(24-22-33)35-25-26-37-31-38(28-27-36(37)30-35)39-29-18-15-12-11-13-16-19-32(3)5-2/h20-27,30-32H,4-19,28-29H2,1-3H3;21-28,30-32H,4-20,29H2,1-3H3. The fourth-order valence-corrected chi connectivity index (χ4v) is 10.9. The topological polar surface area (TPSA) is 44.8 Å². The highest BCUT2D eigenvalue weighted by Gasteiger charge is 2.11. The van der Waals surface area contributed by atoms with Gasteiger partial charge in [0.1, 0.15) is 11.5 Å². The summed E-state index contributed by atoms with van der Waals surface area (Å²) in [5, 5.41) is 5.00. The summed E-state index contributed by atoms with van der Waals surface area (Å²) in [6.45, 7) is 15.3. The molecule has 4 nitrogen and oxygen atoms in total. The second-order valence-corrected chi connectivity index (χ2v) is 24.0. The second kappa shape index (κ2) is 41.8. The van der Waals surface area contributed by atoms with Crippen molar-refractivity contribution in [2.45, 2.75) is 253 Å². The van der Waals surface area contributed by atoms with Crippen molar-refractivity contribution in [3.8, 4) is 33.8 Å². The highest BCUT2D eigenvalue weighted by atomic mass is 16.5. The van der Waals surface area contributed by atoms with Crippen molar-refractivity contribution in [2.75, 3.05) is 19.8 Å². The van der Waals surface area contributed by atoms with E-state index in [-0.39, 0.29) is 11.9 Å². The van der Waals surface area contributed by atoms with E-state index in [2.05, 4.69) is 149 Å². The highest BCUT2D eigenvalue weighted by molar-refractivity contribution is 5.89. The summed E-state index contributed by atoms with van der Waals surface area (Å²) in [5.41, 5.74) is 8.06. The summed E-state index contributed by atoms with van der Waals surface area (Å²) in [4.78, 5) is 11.7. The number of esters is 1. The lowest BCUT2D eigenvalue weighted by Crippen LogP contribution is -2.14. The Kier molecular flexibility index (Phi) is 34.4. The van der Waals surface area contributed by atoms with Crippen molar-refractivity contribution in [1.82, 2.24) is 0 Å². The zero-order valence-corrected chi connectivity index (χ0v) is 52.3. The second-order valence-electron chi connectivity index (χ2n) is 24.0. The SMILES string of the molecule is CCCCCCCCCCc1ccc(-c2ccc3cc(OCCCCCCCCC(C)CC)ccc3c2)cc1.CCCCCCCCCCc1ccc(-c2ccc3cc(OCCCCCCCCOC(=O)C(C)CC)ccc3c2)cc1. The molecule has 0 saturated carbocycles. The van der Waals surface area contributed by atoms with E-state index < -0.39 is 0 Å². The molecule has 4 heteroatoms. The zero-order chi connectivity index (χ0) is 57.4. The van der Waals surface area contributed by atoms with Gasteiger partial charge < -0.3 is 14.2 Å². The molecule has 0 aromatic heterocycles. The maximum absolute atomic E-state index is 11.7. The van der Waals surface area contributed by atoms with E-state index in [0.717, 1.165) is 62.7 Å². The van der Waals surface area contributed by atoms with Crippen molar-refractivity contribution >= 4 is 27.5 Å². The Morgan fingerprint density at radius 2 is 0.691 bits per heavy atom. The molecule has 6 aromatic carbocycles. The monoisotopic (exact) mass is 1100 g/mol. The summed E-state index contributed by atoms with van der Waals surface area (Å²) in [5.74, 6) is 2.80. The van der Waals surface area contributed by atoms with Crippen molar-refractivity contribution in [2.24, 2.45) is 11.8 Å². The molecule has 0 fully saturated rings. The van der Waals surface area contributed by atoms with E-state index in [0.29, 0.717) is 6.61 Å². The fourth-order valence-electron chi connectivity index (χ4n) is 10.9. The van der Waals surface area contributed by atoms with Crippen molar-refractivity contribution in [3.63, 3.8) is 0 Å². The van der Waals surface area contributed by atoms with Crippen molar-refractivity contribution in [3.05, 3.63) is 132 Å². The fraction of sp³-hybridized carbons (Fsp3) is 0.571. The zero-order valence-electron chi connectivity index (χ0n) is 52.3. The quantitative estimate of drug-likeness (QED) is 0.0283. The number of aryl methyl sites for hydroxylation is 2. The summed E-state index contributed by atoms with van der Waals surface area (Å²) >= 11 is 0. The molecule has 0 aliphatic rings. The Hall–Kier alpha value is -5.09. The van der Waals surface area contributed by atoms with Crippen LogP contribution >= 0.6 is 0 Å². The van der Waals surface area contributed by atoms with E-state index in [9.17, 15) is 4.79 Å². The lowest BCUT2D eigenvalue weighted by atomic mass is 9.98. The molecule has 0 heterocycles. The van der Waals surface area contributed by atoms with Gasteiger partial charge in [-0.15, -0.1) is 0 Å². The predicted molar refractivity (Wildman–Crippen MR) is 352 cm³/mol. The first-order valence-electron chi connectivity index (χ1n) is 33.5. The molecule has 0 radical (unpaired) electrons. The van der Waals surface area contributed by atoms with E-state index >= 15 is 0 Å². The Bertz CT molecular complexity index is 2540. The molecule has 0 bridgehead atoms. The van der Waals surface area contributed by atoms with Crippen LogP contribution in [0, 0.1) is 11.8 Å². The first-order valence-corrected chi connectivity index (χ1v) is 33.5. The summed E-state index contributed by atoms with van der Waals surface area (Å²) in [6.07, 6.45) is 42.6. The third-order valence-electron chi connectivity index (χ3n) is 17.0. The molecule has 0 spiro atoms. The Morgan fingerprint density at radius 1 is 0.346 bits per heavy atom. The molecule has 2 atom stereocenters. The number of unbranched alkanes of at least 4 members (excludes halogenated alkanes) is 24. The first-order chi connectivity index (χ1) is 39.8. The normalized spacial score (nSPS) is 12.1. The number of carbonyl (C=O) groups excluding carboxylic acids is 1. The van der Waals surface area contributed by atoms with Gasteiger partial charge in [-0.3, -0.25) is 4.79 Å². The molecule has 81 heavy (non-hydrogen) atoms. The van der Waals surface area contributed by atoms with Crippen LogP contribution in [-0.2, 0) is 22.4 Å². The molecule has 6 aromatic rings. The first kappa shape index (κ1) is 66.7. The molecule has 0 saturated heterocycles. The molecular weight excluding hydrogens is 989 g/mol. The third-order valence-corrected chi connectivity index (χ3v) is 17.0. The van der Waals surface area contributed by atoms with Crippen LogP contribution in [-0.4, -0.2) is 25.8 Å². The largest absolute Gasteiger partial charge is 0.494 e. The number of ether oxygens (including phenoxy) is 3. The van der Waals surface area contributed by atoms with Gasteiger partial charge in [-0.05, 0) is 149 Å². The van der Waals surface area contributed by atoms with Crippen LogP contribution in [0.5, 0.6) is 11.5 Å². The van der Waals surface area contributed by atoms with Crippen LogP contribution < -0.4 is 9.47 Å². The lowest BCUT2D eigenvalue weighted by Gasteiger charge is -2.10. The smallest absolute Gasteiger partial charge is 0.308 e.